The van der Waals surface area contributed by atoms with Crippen molar-refractivity contribution in [1.29, 1.82) is 0 Å². The van der Waals surface area contributed by atoms with E-state index in [0.29, 0.717) is 36.5 Å². The Bertz CT molecular complexity index is 822. The molecule has 0 radical (unpaired) electrons. The number of nitrogens with zero attached hydrogens (tertiary/aromatic N) is 3. The van der Waals surface area contributed by atoms with Gasteiger partial charge in [0.2, 0.25) is 5.88 Å². The van der Waals surface area contributed by atoms with Crippen molar-refractivity contribution < 1.29 is 14.5 Å². The molecule has 2 heterocycles. The number of amides is 1. The summed E-state index contributed by atoms with van der Waals surface area (Å²) >= 11 is 0. The lowest BCUT2D eigenvalue weighted by molar-refractivity contribution is -0.385. The van der Waals surface area contributed by atoms with E-state index >= 15 is 0 Å². The maximum absolute atomic E-state index is 12.7. The van der Waals surface area contributed by atoms with Gasteiger partial charge in [-0.05, 0) is 26.0 Å². The lowest BCUT2D eigenvalue weighted by Crippen LogP contribution is -2.31. The summed E-state index contributed by atoms with van der Waals surface area (Å²) in [4.78, 5) is 29.3. The lowest BCUT2D eigenvalue weighted by atomic mass is 10.1. The molecule has 130 valence electrons. The van der Waals surface area contributed by atoms with Gasteiger partial charge in [-0.3, -0.25) is 14.9 Å². The Hall–Kier alpha value is -2.96. The SMILES string of the molecule is Cc1cccc(OC2CCN(C(=O)c3cccc([N+](=O)[O-])c3C)C2)n1. The normalized spacial score (nSPS) is 16.7. The summed E-state index contributed by atoms with van der Waals surface area (Å²) in [5, 5.41) is 11.1. The largest absolute Gasteiger partial charge is 0.472 e. The highest BCUT2D eigenvalue weighted by Gasteiger charge is 2.30. The number of hydrogen-bond donors (Lipinski definition) is 0. The minimum atomic E-state index is -0.467. The van der Waals surface area contributed by atoms with Gasteiger partial charge in [0.25, 0.3) is 11.6 Å². The van der Waals surface area contributed by atoms with E-state index in [0.717, 1.165) is 5.69 Å². The van der Waals surface area contributed by atoms with Crippen LogP contribution < -0.4 is 4.74 Å². The highest BCUT2D eigenvalue weighted by molar-refractivity contribution is 5.96. The molecular formula is C18H19N3O4. The second-order valence-electron chi connectivity index (χ2n) is 6.10. The number of ether oxygens (including phenoxy) is 1. The number of nitro benzene ring substituents is 1. The Balaban J connectivity index is 1.71. The summed E-state index contributed by atoms with van der Waals surface area (Å²) in [5.41, 5.74) is 1.59. The van der Waals surface area contributed by atoms with Gasteiger partial charge in [0.1, 0.15) is 6.10 Å². The van der Waals surface area contributed by atoms with Crippen molar-refractivity contribution in [3.05, 3.63) is 63.3 Å². The number of hydrogen-bond acceptors (Lipinski definition) is 5. The second kappa shape index (κ2) is 6.88. The van der Waals surface area contributed by atoms with Crippen molar-refractivity contribution in [2.45, 2.75) is 26.4 Å². The molecule has 0 N–H and O–H groups in total. The molecular weight excluding hydrogens is 322 g/mol. The zero-order chi connectivity index (χ0) is 18.0. The van der Waals surface area contributed by atoms with Gasteiger partial charge in [0.05, 0.1) is 11.5 Å². The van der Waals surface area contributed by atoms with Crippen LogP contribution in [0, 0.1) is 24.0 Å². The number of aryl methyl sites for hydroxylation is 1. The Morgan fingerprint density at radius 3 is 2.76 bits per heavy atom. The zero-order valence-electron chi connectivity index (χ0n) is 14.1. The van der Waals surface area contributed by atoms with Gasteiger partial charge in [-0.25, -0.2) is 4.98 Å². The van der Waals surface area contributed by atoms with E-state index in [1.165, 1.54) is 6.07 Å². The Morgan fingerprint density at radius 2 is 2.04 bits per heavy atom. The van der Waals surface area contributed by atoms with Gasteiger partial charge < -0.3 is 9.64 Å². The summed E-state index contributed by atoms with van der Waals surface area (Å²) < 4.78 is 5.85. The van der Waals surface area contributed by atoms with Gasteiger partial charge in [0, 0.05) is 41.9 Å². The van der Waals surface area contributed by atoms with Crippen LogP contribution in [0.25, 0.3) is 0 Å². The van der Waals surface area contributed by atoms with Crippen LogP contribution in [0.1, 0.15) is 28.0 Å². The molecule has 1 atom stereocenters. The minimum absolute atomic E-state index is 0.0400. The Morgan fingerprint density at radius 1 is 1.28 bits per heavy atom. The topological polar surface area (TPSA) is 85.6 Å². The summed E-state index contributed by atoms with van der Waals surface area (Å²) in [6.07, 6.45) is 0.576. The fourth-order valence-corrected chi connectivity index (χ4v) is 2.99. The van der Waals surface area contributed by atoms with Gasteiger partial charge in [0.15, 0.2) is 0 Å². The van der Waals surface area contributed by atoms with Crippen LogP contribution in [0.4, 0.5) is 5.69 Å². The molecule has 1 aliphatic heterocycles. The zero-order valence-corrected chi connectivity index (χ0v) is 14.1. The first-order chi connectivity index (χ1) is 12.0. The number of aromatic nitrogens is 1. The first-order valence-electron chi connectivity index (χ1n) is 8.09. The van der Waals surface area contributed by atoms with Crippen LogP contribution in [0.5, 0.6) is 5.88 Å². The Kier molecular flexibility index (Phi) is 4.65. The number of carbonyl (C=O) groups is 1. The molecule has 0 aliphatic carbocycles. The second-order valence-corrected chi connectivity index (χ2v) is 6.10. The van der Waals surface area contributed by atoms with Gasteiger partial charge >= 0.3 is 0 Å². The molecule has 7 heteroatoms. The number of carbonyl (C=O) groups excluding carboxylic acids is 1. The monoisotopic (exact) mass is 341 g/mol. The molecule has 7 nitrogen and oxygen atoms in total. The maximum Gasteiger partial charge on any atom is 0.273 e. The third-order valence-electron chi connectivity index (χ3n) is 4.31. The highest BCUT2D eigenvalue weighted by atomic mass is 16.6. The molecule has 1 saturated heterocycles. The molecule has 1 fully saturated rings. The molecule has 1 aromatic heterocycles. The van der Waals surface area contributed by atoms with Gasteiger partial charge in [-0.2, -0.15) is 0 Å². The van der Waals surface area contributed by atoms with E-state index in [1.807, 2.05) is 19.1 Å². The molecule has 25 heavy (non-hydrogen) atoms. The average Bonchev–Trinajstić information content (AvgIpc) is 3.02. The average molecular weight is 341 g/mol. The van der Waals surface area contributed by atoms with Gasteiger partial charge in [-0.1, -0.05) is 12.1 Å². The summed E-state index contributed by atoms with van der Waals surface area (Å²) in [5.74, 6) is 0.343. The molecule has 1 aromatic carbocycles. The molecule has 0 spiro atoms. The van der Waals surface area contributed by atoms with E-state index in [1.54, 1.807) is 30.0 Å². The third kappa shape index (κ3) is 3.60. The number of benzene rings is 1. The van der Waals surface area contributed by atoms with Crippen LogP contribution in [0.2, 0.25) is 0 Å². The van der Waals surface area contributed by atoms with E-state index in [4.69, 9.17) is 4.74 Å². The summed E-state index contributed by atoms with van der Waals surface area (Å²) in [6, 6.07) is 10.1. The van der Waals surface area contributed by atoms with Crippen molar-refractivity contribution in [1.82, 2.24) is 9.88 Å². The molecule has 1 aliphatic rings. The molecule has 0 saturated carbocycles. The van der Waals surface area contributed by atoms with Crippen LogP contribution in [-0.2, 0) is 0 Å². The third-order valence-corrected chi connectivity index (χ3v) is 4.31. The summed E-state index contributed by atoms with van der Waals surface area (Å²) in [6.45, 7) is 4.49. The first-order valence-corrected chi connectivity index (χ1v) is 8.09. The number of nitro groups is 1. The van der Waals surface area contributed by atoms with Gasteiger partial charge in [-0.15, -0.1) is 0 Å². The molecule has 1 amide bonds. The van der Waals surface area contributed by atoms with E-state index < -0.39 is 4.92 Å². The van der Waals surface area contributed by atoms with Crippen molar-refractivity contribution in [3.8, 4) is 5.88 Å². The number of rotatable bonds is 4. The van der Waals surface area contributed by atoms with Crippen molar-refractivity contribution in [2.75, 3.05) is 13.1 Å². The number of pyridine rings is 1. The van der Waals surface area contributed by atoms with Crippen LogP contribution >= 0.6 is 0 Å². The Labute approximate surface area is 145 Å². The van der Waals surface area contributed by atoms with Crippen molar-refractivity contribution >= 4 is 11.6 Å². The standard InChI is InChI=1S/C18H19N3O4/c1-12-5-3-8-17(19-12)25-14-9-10-20(11-14)18(22)15-6-4-7-16(13(15)2)21(23)24/h3-8,14H,9-11H2,1-2H3. The fraction of sp³-hybridized carbons (Fsp3) is 0.333. The highest BCUT2D eigenvalue weighted by Crippen LogP contribution is 2.24. The quantitative estimate of drug-likeness (QED) is 0.630. The van der Waals surface area contributed by atoms with Crippen LogP contribution in [0.15, 0.2) is 36.4 Å². The fourth-order valence-electron chi connectivity index (χ4n) is 2.99. The summed E-state index contributed by atoms with van der Waals surface area (Å²) in [7, 11) is 0. The van der Waals surface area contributed by atoms with Crippen LogP contribution in [-0.4, -0.2) is 39.9 Å². The molecule has 1 unspecified atom stereocenters. The molecule has 2 aromatic rings. The smallest absolute Gasteiger partial charge is 0.273 e. The molecule has 3 rings (SSSR count). The minimum Gasteiger partial charge on any atom is -0.472 e. The lowest BCUT2D eigenvalue weighted by Gasteiger charge is -2.18. The van der Waals surface area contributed by atoms with Crippen LogP contribution in [0.3, 0.4) is 0 Å². The van der Waals surface area contributed by atoms with E-state index in [9.17, 15) is 14.9 Å². The maximum atomic E-state index is 12.7. The first kappa shape index (κ1) is 16.9. The number of likely N-dealkylation sites (tertiary alicyclic amines) is 1. The van der Waals surface area contributed by atoms with E-state index in [-0.39, 0.29) is 17.7 Å². The predicted molar refractivity (Wildman–Crippen MR) is 91.7 cm³/mol. The predicted octanol–water partition coefficient (Wildman–Crippen LogP) is 2.90. The van der Waals surface area contributed by atoms with Crippen molar-refractivity contribution in [2.24, 2.45) is 0 Å². The van der Waals surface area contributed by atoms with Crippen molar-refractivity contribution in [3.63, 3.8) is 0 Å². The van der Waals surface area contributed by atoms with E-state index in [2.05, 4.69) is 4.98 Å². The molecule has 0 bridgehead atoms.